The first-order chi connectivity index (χ1) is 12.3. The summed E-state index contributed by atoms with van der Waals surface area (Å²) in [4.78, 5) is 12.1. The maximum Gasteiger partial charge on any atom is 0.416 e. The predicted molar refractivity (Wildman–Crippen MR) is 98.5 cm³/mol. The molecule has 1 saturated heterocycles. The van der Waals surface area contributed by atoms with E-state index in [0.717, 1.165) is 11.6 Å². The number of rotatable bonds is 4. The summed E-state index contributed by atoms with van der Waals surface area (Å²) in [5, 5.41) is 2.52. The molecule has 0 bridgehead atoms. The van der Waals surface area contributed by atoms with Crippen molar-refractivity contribution >= 4 is 40.3 Å². The maximum atomic E-state index is 13.0. The average Bonchev–Trinajstić information content (AvgIpc) is 2.91. The monoisotopic (exact) mass is 395 g/mol. The molecule has 3 rings (SSSR count). The Bertz CT molecular complexity index is 877. The molecule has 0 spiro atoms. The van der Waals surface area contributed by atoms with E-state index in [1.807, 2.05) is 0 Å². The lowest BCUT2D eigenvalue weighted by Gasteiger charge is -2.13. The Morgan fingerprint density at radius 3 is 2.42 bits per heavy atom. The highest BCUT2D eigenvalue weighted by atomic mass is 32.2. The number of benzene rings is 2. The van der Waals surface area contributed by atoms with Gasteiger partial charge in [-0.2, -0.15) is 13.2 Å². The molecule has 26 heavy (non-hydrogen) atoms. The molecule has 0 aliphatic carbocycles. The third kappa shape index (κ3) is 4.44. The molecule has 1 aliphatic rings. The van der Waals surface area contributed by atoms with Gasteiger partial charge in [-0.05, 0) is 29.8 Å². The minimum absolute atomic E-state index is 0.0683. The molecule has 2 aromatic carbocycles. The van der Waals surface area contributed by atoms with Gasteiger partial charge < -0.3 is 10.1 Å². The van der Waals surface area contributed by atoms with Gasteiger partial charge in [0.05, 0.1) is 10.5 Å². The van der Waals surface area contributed by atoms with Crippen molar-refractivity contribution in [3.63, 3.8) is 0 Å². The molecule has 8 heteroatoms. The first kappa shape index (κ1) is 18.5. The minimum Gasteiger partial charge on any atom is -0.489 e. The number of thiocarbonyl (C=S) groups is 1. The fourth-order valence-electron chi connectivity index (χ4n) is 2.32. The van der Waals surface area contributed by atoms with Gasteiger partial charge in [0.2, 0.25) is 0 Å². The highest BCUT2D eigenvalue weighted by Crippen LogP contribution is 2.32. The van der Waals surface area contributed by atoms with Crippen LogP contribution in [0.25, 0.3) is 6.08 Å². The Hall–Kier alpha value is -2.32. The van der Waals surface area contributed by atoms with Gasteiger partial charge >= 0.3 is 6.18 Å². The van der Waals surface area contributed by atoms with Crippen LogP contribution in [0.3, 0.4) is 0 Å². The Balaban J connectivity index is 1.69. The normalized spacial score (nSPS) is 16.0. The minimum atomic E-state index is -4.42. The van der Waals surface area contributed by atoms with Gasteiger partial charge in [0.1, 0.15) is 16.7 Å². The maximum absolute atomic E-state index is 13.0. The van der Waals surface area contributed by atoms with Crippen LogP contribution < -0.4 is 10.1 Å². The summed E-state index contributed by atoms with van der Waals surface area (Å²) in [7, 11) is 0. The topological polar surface area (TPSA) is 38.3 Å². The average molecular weight is 395 g/mol. The predicted octanol–water partition coefficient (Wildman–Crippen LogP) is 4.77. The summed E-state index contributed by atoms with van der Waals surface area (Å²) in [6.45, 7) is -0.192. The number of hydrogen-bond donors (Lipinski definition) is 1. The van der Waals surface area contributed by atoms with Crippen LogP contribution in [0, 0.1) is 0 Å². The first-order valence-corrected chi connectivity index (χ1v) is 8.68. The number of amides is 1. The van der Waals surface area contributed by atoms with Gasteiger partial charge in [0.25, 0.3) is 5.91 Å². The van der Waals surface area contributed by atoms with Crippen molar-refractivity contribution in [3.8, 4) is 5.75 Å². The number of nitrogens with one attached hydrogen (secondary N) is 1. The standard InChI is InChI=1S/C18H12F3NO2S2/c19-18(20,21)14-4-2-1-3-12(14)10-24-13-7-5-11(6-8-13)9-15-16(23)22-17(25)26-15/h1-9H,10H2,(H,22,23,25). The smallest absolute Gasteiger partial charge is 0.416 e. The summed E-state index contributed by atoms with van der Waals surface area (Å²) < 4.78 is 44.8. The molecule has 0 aromatic heterocycles. The quantitative estimate of drug-likeness (QED) is 0.598. The molecule has 0 saturated carbocycles. The highest BCUT2D eigenvalue weighted by Gasteiger charge is 2.32. The van der Waals surface area contributed by atoms with Crippen LogP contribution in [0.2, 0.25) is 0 Å². The summed E-state index contributed by atoms with van der Waals surface area (Å²) in [6, 6.07) is 12.0. The Labute approximate surface area is 157 Å². The van der Waals surface area contributed by atoms with Crippen LogP contribution in [0.4, 0.5) is 13.2 Å². The fraction of sp³-hybridized carbons (Fsp3) is 0.111. The van der Waals surface area contributed by atoms with Crippen molar-refractivity contribution in [1.82, 2.24) is 5.32 Å². The third-order valence-electron chi connectivity index (χ3n) is 3.54. The van der Waals surface area contributed by atoms with Crippen molar-refractivity contribution in [2.75, 3.05) is 0 Å². The largest absolute Gasteiger partial charge is 0.489 e. The SMILES string of the molecule is O=C1NC(=S)SC1=Cc1ccc(OCc2ccccc2C(F)(F)F)cc1. The van der Waals surface area contributed by atoms with Crippen molar-refractivity contribution in [1.29, 1.82) is 0 Å². The van der Waals surface area contributed by atoms with E-state index in [-0.39, 0.29) is 18.1 Å². The van der Waals surface area contributed by atoms with Gasteiger partial charge in [-0.3, -0.25) is 4.79 Å². The number of carbonyl (C=O) groups is 1. The first-order valence-electron chi connectivity index (χ1n) is 7.46. The Kier molecular flexibility index (Phi) is 5.33. The molecule has 0 atom stereocenters. The van der Waals surface area contributed by atoms with Crippen LogP contribution in [0.15, 0.2) is 53.4 Å². The van der Waals surface area contributed by atoms with E-state index in [1.165, 1.54) is 30.0 Å². The second kappa shape index (κ2) is 7.51. The van der Waals surface area contributed by atoms with Gasteiger partial charge in [0.15, 0.2) is 0 Å². The molecular weight excluding hydrogens is 383 g/mol. The zero-order chi connectivity index (χ0) is 18.7. The lowest BCUT2D eigenvalue weighted by Crippen LogP contribution is -2.17. The van der Waals surface area contributed by atoms with Gasteiger partial charge in [-0.25, -0.2) is 0 Å². The summed E-state index contributed by atoms with van der Waals surface area (Å²) in [5.74, 6) is 0.187. The number of thioether (sulfide) groups is 1. The molecule has 3 nitrogen and oxygen atoms in total. The molecular formula is C18H12F3NO2S2. The van der Waals surface area contributed by atoms with E-state index in [1.54, 1.807) is 30.3 Å². The van der Waals surface area contributed by atoms with Gasteiger partial charge in [0, 0.05) is 5.56 Å². The van der Waals surface area contributed by atoms with E-state index in [2.05, 4.69) is 5.32 Å². The number of alkyl halides is 3. The second-order valence-electron chi connectivity index (χ2n) is 5.36. The summed E-state index contributed by atoms with van der Waals surface area (Å²) >= 11 is 6.10. The highest BCUT2D eigenvalue weighted by molar-refractivity contribution is 8.26. The number of ether oxygens (including phenoxy) is 1. The van der Waals surface area contributed by atoms with Gasteiger partial charge in [-0.15, -0.1) is 0 Å². The molecule has 1 heterocycles. The van der Waals surface area contributed by atoms with Crippen LogP contribution >= 0.6 is 24.0 Å². The van der Waals surface area contributed by atoms with Crippen molar-refractivity contribution in [2.24, 2.45) is 0 Å². The molecule has 0 unspecified atom stereocenters. The molecule has 2 aromatic rings. The van der Waals surface area contributed by atoms with E-state index < -0.39 is 11.7 Å². The van der Waals surface area contributed by atoms with Crippen LogP contribution in [-0.4, -0.2) is 10.2 Å². The zero-order valence-corrected chi connectivity index (χ0v) is 14.8. The Morgan fingerprint density at radius 2 is 1.81 bits per heavy atom. The summed E-state index contributed by atoms with van der Waals surface area (Å²) in [6.07, 6.45) is -2.74. The third-order valence-corrected chi connectivity index (χ3v) is 4.70. The van der Waals surface area contributed by atoms with Crippen molar-refractivity contribution in [3.05, 3.63) is 70.1 Å². The second-order valence-corrected chi connectivity index (χ2v) is 7.08. The van der Waals surface area contributed by atoms with Crippen LogP contribution in [-0.2, 0) is 17.6 Å². The summed E-state index contributed by atoms with van der Waals surface area (Å²) in [5.41, 5.74) is 0.121. The number of halogens is 3. The lowest BCUT2D eigenvalue weighted by molar-refractivity contribution is -0.138. The van der Waals surface area contributed by atoms with E-state index in [0.29, 0.717) is 15.0 Å². The fourth-order valence-corrected chi connectivity index (χ4v) is 3.36. The van der Waals surface area contributed by atoms with Crippen molar-refractivity contribution in [2.45, 2.75) is 12.8 Å². The zero-order valence-electron chi connectivity index (χ0n) is 13.2. The van der Waals surface area contributed by atoms with E-state index >= 15 is 0 Å². The number of carbonyl (C=O) groups excluding carboxylic acids is 1. The van der Waals surface area contributed by atoms with Crippen molar-refractivity contribution < 1.29 is 22.7 Å². The van der Waals surface area contributed by atoms with Crippen LogP contribution in [0.5, 0.6) is 5.75 Å². The molecule has 1 N–H and O–H groups in total. The van der Waals surface area contributed by atoms with Crippen LogP contribution in [0.1, 0.15) is 16.7 Å². The lowest BCUT2D eigenvalue weighted by atomic mass is 10.1. The Morgan fingerprint density at radius 1 is 1.12 bits per heavy atom. The number of hydrogen-bond acceptors (Lipinski definition) is 4. The van der Waals surface area contributed by atoms with E-state index in [4.69, 9.17) is 17.0 Å². The van der Waals surface area contributed by atoms with Gasteiger partial charge in [-0.1, -0.05) is 54.3 Å². The molecule has 0 radical (unpaired) electrons. The van der Waals surface area contributed by atoms with E-state index in [9.17, 15) is 18.0 Å². The molecule has 134 valence electrons. The molecule has 1 amide bonds. The molecule has 1 aliphatic heterocycles. The molecule has 1 fully saturated rings.